The predicted molar refractivity (Wildman–Crippen MR) is 87.8 cm³/mol. The number of benzene rings is 1. The van der Waals surface area contributed by atoms with Crippen molar-refractivity contribution in [3.05, 3.63) is 50.1 Å². The van der Waals surface area contributed by atoms with E-state index in [1.807, 2.05) is 43.5 Å². The molecular weight excluding hydrogens is 358 g/mol. The molecule has 1 unspecified atom stereocenters. The van der Waals surface area contributed by atoms with Crippen LogP contribution in [0.4, 0.5) is 5.69 Å². The lowest BCUT2D eigenvalue weighted by atomic mass is 9.85. The van der Waals surface area contributed by atoms with Crippen LogP contribution in [0.3, 0.4) is 0 Å². The molecule has 1 amide bonds. The first-order valence-corrected chi connectivity index (χ1v) is 8.34. The molecule has 2 nitrogen and oxygen atoms in total. The molecule has 1 aromatic carbocycles. The summed E-state index contributed by atoms with van der Waals surface area (Å²) in [4.78, 5) is 12.0. The number of alkyl halides is 1. The van der Waals surface area contributed by atoms with Gasteiger partial charge in [-0.2, -0.15) is 0 Å². The zero-order valence-electron chi connectivity index (χ0n) is 11.0. The van der Waals surface area contributed by atoms with Crippen molar-refractivity contribution in [2.45, 2.75) is 24.6 Å². The Kier molecular flexibility index (Phi) is 3.43. The van der Waals surface area contributed by atoms with Crippen molar-refractivity contribution in [1.29, 1.82) is 0 Å². The molecular formula is C15H13BrClNOS. The monoisotopic (exact) mass is 369 g/mol. The third-order valence-electron chi connectivity index (χ3n) is 3.71. The zero-order chi connectivity index (χ0) is 14.5. The molecule has 0 saturated carbocycles. The highest BCUT2D eigenvalue weighted by atomic mass is 79.9. The molecule has 1 aromatic heterocycles. The van der Waals surface area contributed by atoms with Crippen molar-refractivity contribution in [2.24, 2.45) is 0 Å². The van der Waals surface area contributed by atoms with Crippen molar-refractivity contribution >= 4 is 50.5 Å². The summed E-state index contributed by atoms with van der Waals surface area (Å²) in [6.07, 6.45) is 0. The third kappa shape index (κ3) is 2.20. The Morgan fingerprint density at radius 2 is 2.05 bits per heavy atom. The van der Waals surface area contributed by atoms with Gasteiger partial charge in [0.1, 0.15) is 0 Å². The number of carbonyl (C=O) groups excluding carboxylic acids is 1. The number of rotatable bonds is 2. The zero-order valence-corrected chi connectivity index (χ0v) is 14.2. The molecule has 0 radical (unpaired) electrons. The summed E-state index contributed by atoms with van der Waals surface area (Å²) in [5.74, 6) is 0.0362. The van der Waals surface area contributed by atoms with E-state index in [4.69, 9.17) is 11.6 Å². The minimum absolute atomic E-state index is 0.0362. The van der Waals surface area contributed by atoms with Crippen LogP contribution >= 0.6 is 38.9 Å². The van der Waals surface area contributed by atoms with Gasteiger partial charge in [-0.25, -0.2) is 0 Å². The Labute approximate surface area is 135 Å². The second-order valence-corrected chi connectivity index (χ2v) is 8.16. The Balaban J connectivity index is 2.02. The van der Waals surface area contributed by atoms with Crippen LogP contribution in [0.2, 0.25) is 0 Å². The largest absolute Gasteiger partial charge is 0.325 e. The Hall–Kier alpha value is -0.840. The standard InChI is InChI=1S/C15H13BrClNOS/c1-15(2)10-5-8(3-4-11(10)18-14(15)19)13(17)9-6-12(16)20-7-9/h3-7,13H,1-2H3,(H,18,19). The van der Waals surface area contributed by atoms with Crippen molar-refractivity contribution in [3.8, 4) is 0 Å². The van der Waals surface area contributed by atoms with Crippen LogP contribution in [-0.2, 0) is 10.2 Å². The molecule has 0 saturated heterocycles. The molecule has 2 aromatic rings. The van der Waals surface area contributed by atoms with E-state index in [9.17, 15) is 4.79 Å². The Morgan fingerprint density at radius 3 is 2.70 bits per heavy atom. The Morgan fingerprint density at radius 1 is 1.30 bits per heavy atom. The van der Waals surface area contributed by atoms with Gasteiger partial charge in [0.2, 0.25) is 5.91 Å². The molecule has 0 aliphatic carbocycles. The first-order valence-electron chi connectivity index (χ1n) is 6.23. The molecule has 1 aliphatic rings. The Bertz CT molecular complexity index is 695. The van der Waals surface area contributed by atoms with Crippen LogP contribution < -0.4 is 5.32 Å². The fourth-order valence-electron chi connectivity index (χ4n) is 2.40. The molecule has 5 heteroatoms. The van der Waals surface area contributed by atoms with Gasteiger partial charge in [-0.15, -0.1) is 22.9 Å². The lowest BCUT2D eigenvalue weighted by Gasteiger charge is -2.17. The molecule has 1 aliphatic heterocycles. The quantitative estimate of drug-likeness (QED) is 0.735. The molecule has 3 rings (SSSR count). The van der Waals surface area contributed by atoms with Crippen LogP contribution in [0.25, 0.3) is 0 Å². The van der Waals surface area contributed by atoms with Crippen LogP contribution in [0.15, 0.2) is 33.4 Å². The van der Waals surface area contributed by atoms with Gasteiger partial charge >= 0.3 is 0 Å². The van der Waals surface area contributed by atoms with Gasteiger partial charge < -0.3 is 5.32 Å². The van der Waals surface area contributed by atoms with Gasteiger partial charge in [0, 0.05) is 5.69 Å². The summed E-state index contributed by atoms with van der Waals surface area (Å²) < 4.78 is 1.07. The molecule has 2 heterocycles. The minimum Gasteiger partial charge on any atom is -0.325 e. The van der Waals surface area contributed by atoms with Crippen molar-refractivity contribution in [2.75, 3.05) is 5.32 Å². The lowest BCUT2D eigenvalue weighted by Crippen LogP contribution is -2.26. The van der Waals surface area contributed by atoms with E-state index in [2.05, 4.69) is 21.2 Å². The maximum atomic E-state index is 12.0. The van der Waals surface area contributed by atoms with Crippen molar-refractivity contribution in [3.63, 3.8) is 0 Å². The van der Waals surface area contributed by atoms with E-state index >= 15 is 0 Å². The number of nitrogens with one attached hydrogen (secondary N) is 1. The average Bonchev–Trinajstić information content (AvgIpc) is 2.92. The van der Waals surface area contributed by atoms with E-state index in [0.717, 1.165) is 26.2 Å². The van der Waals surface area contributed by atoms with Gasteiger partial charge in [-0.3, -0.25) is 4.79 Å². The smallest absolute Gasteiger partial charge is 0.234 e. The normalized spacial score (nSPS) is 17.7. The number of fused-ring (bicyclic) bond motifs is 1. The predicted octanol–water partition coefficient (Wildman–Crippen LogP) is 5.07. The number of carbonyl (C=O) groups is 1. The van der Waals surface area contributed by atoms with Crippen LogP contribution in [0, 0.1) is 0 Å². The molecule has 0 fully saturated rings. The minimum atomic E-state index is -0.503. The van der Waals surface area contributed by atoms with E-state index in [-0.39, 0.29) is 11.3 Å². The second-order valence-electron chi connectivity index (χ2n) is 5.43. The van der Waals surface area contributed by atoms with Crippen LogP contribution in [-0.4, -0.2) is 5.91 Å². The average molecular weight is 371 g/mol. The molecule has 0 spiro atoms. The van der Waals surface area contributed by atoms with Gasteiger partial charge in [0.25, 0.3) is 0 Å². The first kappa shape index (κ1) is 14.1. The molecule has 0 bridgehead atoms. The number of hydrogen-bond donors (Lipinski definition) is 1. The highest BCUT2D eigenvalue weighted by Gasteiger charge is 2.38. The van der Waals surface area contributed by atoms with E-state index in [1.165, 1.54) is 0 Å². The molecule has 104 valence electrons. The number of anilines is 1. The summed E-state index contributed by atoms with van der Waals surface area (Å²) in [5, 5.41) is 4.76. The maximum absolute atomic E-state index is 12.0. The highest BCUT2D eigenvalue weighted by Crippen LogP contribution is 2.41. The van der Waals surface area contributed by atoms with Gasteiger partial charge in [-0.05, 0) is 64.0 Å². The number of hydrogen-bond acceptors (Lipinski definition) is 2. The van der Waals surface area contributed by atoms with Crippen LogP contribution in [0.5, 0.6) is 0 Å². The van der Waals surface area contributed by atoms with E-state index in [1.54, 1.807) is 11.3 Å². The summed E-state index contributed by atoms with van der Waals surface area (Å²) >= 11 is 11.6. The fourth-order valence-corrected chi connectivity index (χ4v) is 3.93. The topological polar surface area (TPSA) is 29.1 Å². The number of amides is 1. The number of thiophene rings is 1. The summed E-state index contributed by atoms with van der Waals surface area (Å²) in [5.41, 5.74) is 3.48. The van der Waals surface area contributed by atoms with E-state index in [0.29, 0.717) is 0 Å². The fraction of sp³-hybridized carbons (Fsp3) is 0.267. The van der Waals surface area contributed by atoms with Crippen molar-refractivity contribution < 1.29 is 4.79 Å². The summed E-state index contributed by atoms with van der Waals surface area (Å²) in [7, 11) is 0. The number of halogens is 2. The van der Waals surface area contributed by atoms with Gasteiger partial charge in [-0.1, -0.05) is 12.1 Å². The highest BCUT2D eigenvalue weighted by molar-refractivity contribution is 9.11. The lowest BCUT2D eigenvalue weighted by molar-refractivity contribution is -0.119. The van der Waals surface area contributed by atoms with E-state index < -0.39 is 5.41 Å². The summed E-state index contributed by atoms with van der Waals surface area (Å²) in [6, 6.07) is 7.98. The van der Waals surface area contributed by atoms with Gasteiger partial charge in [0.05, 0.1) is 14.6 Å². The third-order valence-corrected chi connectivity index (χ3v) is 5.73. The molecule has 1 atom stereocenters. The second kappa shape index (κ2) is 4.86. The molecule has 20 heavy (non-hydrogen) atoms. The SMILES string of the molecule is CC1(C)C(=O)Nc2ccc(C(Cl)c3csc(Br)c3)cc21. The molecule has 1 N–H and O–H groups in total. The van der Waals surface area contributed by atoms with Crippen LogP contribution in [0.1, 0.15) is 35.9 Å². The van der Waals surface area contributed by atoms with Crippen molar-refractivity contribution in [1.82, 2.24) is 0 Å². The summed E-state index contributed by atoms with van der Waals surface area (Å²) in [6.45, 7) is 3.87. The maximum Gasteiger partial charge on any atom is 0.234 e. The van der Waals surface area contributed by atoms with Gasteiger partial charge in [0.15, 0.2) is 0 Å². The first-order chi connectivity index (χ1) is 9.39.